The molecule has 1 amide bonds. The molecule has 6 nitrogen and oxygen atoms in total. The van der Waals surface area contributed by atoms with Crippen LogP contribution in [0.3, 0.4) is 0 Å². The average Bonchev–Trinajstić information content (AvgIpc) is 2.56. The van der Waals surface area contributed by atoms with E-state index in [1.165, 1.54) is 4.90 Å². The van der Waals surface area contributed by atoms with E-state index in [1.54, 1.807) is 26.8 Å². The van der Waals surface area contributed by atoms with Crippen LogP contribution in [-0.4, -0.2) is 46.3 Å². The summed E-state index contributed by atoms with van der Waals surface area (Å²) < 4.78 is 5.23. The van der Waals surface area contributed by atoms with E-state index in [-0.39, 0.29) is 19.0 Å². The van der Waals surface area contributed by atoms with Gasteiger partial charge in [-0.2, -0.15) is 0 Å². The van der Waals surface area contributed by atoms with Gasteiger partial charge in [-0.25, -0.2) is 4.79 Å². The Hall–Kier alpha value is -1.56. The summed E-state index contributed by atoms with van der Waals surface area (Å²) >= 11 is 0. The van der Waals surface area contributed by atoms with Crippen LogP contribution in [0.1, 0.15) is 27.2 Å². The first-order valence-corrected chi connectivity index (χ1v) is 6.21. The molecule has 0 spiro atoms. The molecule has 1 aliphatic rings. The first kappa shape index (κ1) is 15.5. The van der Waals surface area contributed by atoms with E-state index in [1.807, 2.05) is 0 Å². The summed E-state index contributed by atoms with van der Waals surface area (Å²) in [5, 5.41) is 9.26. The highest BCUT2D eigenvalue weighted by atomic mass is 16.6. The maximum atomic E-state index is 12.0. The number of likely N-dealkylation sites (tertiary alicyclic amines) is 1. The van der Waals surface area contributed by atoms with Crippen LogP contribution in [0.25, 0.3) is 0 Å². The lowest BCUT2D eigenvalue weighted by atomic mass is 9.86. The molecule has 0 aromatic rings. The number of aliphatic carboxylic acids is 1. The number of allylic oxidation sites excluding steroid dienone is 1. The number of nitrogens with two attached hydrogens (primary N) is 1. The minimum absolute atomic E-state index is 0.0459. The summed E-state index contributed by atoms with van der Waals surface area (Å²) in [6.07, 6.45) is 1.53. The van der Waals surface area contributed by atoms with Crippen LogP contribution < -0.4 is 5.73 Å². The van der Waals surface area contributed by atoms with Gasteiger partial charge >= 0.3 is 12.1 Å². The zero-order valence-electron chi connectivity index (χ0n) is 11.7. The molecule has 1 aliphatic heterocycles. The van der Waals surface area contributed by atoms with Crippen molar-refractivity contribution >= 4 is 12.1 Å². The van der Waals surface area contributed by atoms with Gasteiger partial charge in [0.2, 0.25) is 0 Å². The Balaban J connectivity index is 2.84. The van der Waals surface area contributed by atoms with Gasteiger partial charge in [0.15, 0.2) is 0 Å². The standard InChI is InChI=1S/C13H22N2O4/c1-5-6-9-7-15(8-13(9,14)10(16)17)11(18)19-12(2,3)4/h5,9H,1,6-8,14H2,2-4H3,(H,16,17)/t9?,13-/m0/s1. The molecule has 1 rings (SSSR count). The van der Waals surface area contributed by atoms with Crippen molar-refractivity contribution in [1.82, 2.24) is 4.90 Å². The third-order valence-electron chi connectivity index (χ3n) is 3.12. The number of carboxylic acids is 1. The van der Waals surface area contributed by atoms with Crippen molar-refractivity contribution in [3.05, 3.63) is 12.7 Å². The topological polar surface area (TPSA) is 92.9 Å². The third-order valence-corrected chi connectivity index (χ3v) is 3.12. The Morgan fingerprint density at radius 3 is 2.58 bits per heavy atom. The number of nitrogens with zero attached hydrogens (tertiary/aromatic N) is 1. The summed E-state index contributed by atoms with van der Waals surface area (Å²) in [6, 6.07) is 0. The molecule has 1 fully saturated rings. The summed E-state index contributed by atoms with van der Waals surface area (Å²) in [7, 11) is 0. The van der Waals surface area contributed by atoms with Crippen molar-refractivity contribution in [1.29, 1.82) is 0 Å². The number of amides is 1. The number of hydrogen-bond donors (Lipinski definition) is 2. The van der Waals surface area contributed by atoms with E-state index >= 15 is 0 Å². The fourth-order valence-corrected chi connectivity index (χ4v) is 2.13. The lowest BCUT2D eigenvalue weighted by Crippen LogP contribution is -2.55. The molecular weight excluding hydrogens is 248 g/mol. The highest BCUT2D eigenvalue weighted by Gasteiger charge is 2.51. The number of carbonyl (C=O) groups excluding carboxylic acids is 1. The van der Waals surface area contributed by atoms with E-state index in [0.29, 0.717) is 6.42 Å². The minimum atomic E-state index is -1.44. The van der Waals surface area contributed by atoms with Crippen LogP contribution in [0.4, 0.5) is 4.79 Å². The molecule has 1 unspecified atom stereocenters. The number of carboxylic acid groups (broad SMARTS) is 1. The molecule has 0 aromatic heterocycles. The predicted octanol–water partition coefficient (Wildman–Crippen LogP) is 1.21. The Morgan fingerprint density at radius 1 is 1.58 bits per heavy atom. The fraction of sp³-hybridized carbons (Fsp3) is 0.692. The van der Waals surface area contributed by atoms with Crippen LogP contribution in [-0.2, 0) is 9.53 Å². The zero-order chi connectivity index (χ0) is 14.8. The second-order valence-corrected chi connectivity index (χ2v) is 5.93. The maximum Gasteiger partial charge on any atom is 0.410 e. The van der Waals surface area contributed by atoms with Crippen molar-refractivity contribution < 1.29 is 19.4 Å². The zero-order valence-corrected chi connectivity index (χ0v) is 11.7. The summed E-state index contributed by atoms with van der Waals surface area (Å²) in [4.78, 5) is 24.6. The largest absolute Gasteiger partial charge is 0.480 e. The van der Waals surface area contributed by atoms with Gasteiger partial charge in [0.25, 0.3) is 0 Å². The monoisotopic (exact) mass is 270 g/mol. The SMILES string of the molecule is C=CCC1CN(C(=O)OC(C)(C)C)C[C@@]1(N)C(=O)O. The molecular formula is C13H22N2O4. The molecule has 0 saturated carbocycles. The number of hydrogen-bond acceptors (Lipinski definition) is 4. The van der Waals surface area contributed by atoms with Gasteiger partial charge in [0, 0.05) is 12.5 Å². The minimum Gasteiger partial charge on any atom is -0.480 e. The van der Waals surface area contributed by atoms with E-state index in [9.17, 15) is 14.7 Å². The molecule has 1 heterocycles. The smallest absolute Gasteiger partial charge is 0.410 e. The van der Waals surface area contributed by atoms with E-state index in [4.69, 9.17) is 10.5 Å². The Kier molecular flexibility index (Phi) is 4.25. The first-order valence-electron chi connectivity index (χ1n) is 6.21. The average molecular weight is 270 g/mol. The predicted molar refractivity (Wildman–Crippen MR) is 70.7 cm³/mol. The lowest BCUT2D eigenvalue weighted by molar-refractivity contribution is -0.144. The third kappa shape index (κ3) is 3.47. The fourth-order valence-electron chi connectivity index (χ4n) is 2.13. The number of ether oxygens (including phenoxy) is 1. The maximum absolute atomic E-state index is 12.0. The molecule has 1 saturated heterocycles. The highest BCUT2D eigenvalue weighted by Crippen LogP contribution is 2.30. The van der Waals surface area contributed by atoms with Crippen molar-refractivity contribution in [3.8, 4) is 0 Å². The van der Waals surface area contributed by atoms with Gasteiger partial charge in [-0.1, -0.05) is 6.08 Å². The molecule has 19 heavy (non-hydrogen) atoms. The Bertz CT molecular complexity index is 389. The van der Waals surface area contributed by atoms with Gasteiger partial charge in [-0.3, -0.25) is 4.79 Å². The van der Waals surface area contributed by atoms with Crippen molar-refractivity contribution in [2.75, 3.05) is 13.1 Å². The second-order valence-electron chi connectivity index (χ2n) is 5.93. The van der Waals surface area contributed by atoms with Gasteiger partial charge in [0.1, 0.15) is 11.1 Å². The lowest BCUT2D eigenvalue weighted by Gasteiger charge is -2.25. The van der Waals surface area contributed by atoms with Crippen molar-refractivity contribution in [2.45, 2.75) is 38.3 Å². The van der Waals surface area contributed by atoms with Crippen LogP contribution >= 0.6 is 0 Å². The van der Waals surface area contributed by atoms with Crippen molar-refractivity contribution in [2.24, 2.45) is 11.7 Å². The second kappa shape index (κ2) is 5.21. The molecule has 2 atom stereocenters. The van der Waals surface area contributed by atoms with Gasteiger partial charge in [-0.15, -0.1) is 6.58 Å². The summed E-state index contributed by atoms with van der Waals surface area (Å²) in [5.74, 6) is -1.46. The molecule has 0 radical (unpaired) electrons. The Labute approximate surface area is 113 Å². The molecule has 108 valence electrons. The molecule has 0 bridgehead atoms. The van der Waals surface area contributed by atoms with Gasteiger partial charge in [-0.05, 0) is 27.2 Å². The molecule has 0 aliphatic carbocycles. The van der Waals surface area contributed by atoms with Gasteiger partial charge in [0.05, 0.1) is 6.54 Å². The molecule has 0 aromatic carbocycles. The van der Waals surface area contributed by atoms with Crippen LogP contribution in [0, 0.1) is 5.92 Å². The first-order chi connectivity index (χ1) is 8.60. The van der Waals surface area contributed by atoms with Crippen LogP contribution in [0.5, 0.6) is 0 Å². The van der Waals surface area contributed by atoms with E-state index in [0.717, 1.165) is 0 Å². The molecule has 3 N–H and O–H groups in total. The van der Waals surface area contributed by atoms with Crippen LogP contribution in [0.15, 0.2) is 12.7 Å². The van der Waals surface area contributed by atoms with Gasteiger partial charge < -0.3 is 20.5 Å². The van der Waals surface area contributed by atoms with Crippen LogP contribution in [0.2, 0.25) is 0 Å². The molecule has 6 heteroatoms. The summed E-state index contributed by atoms with van der Waals surface area (Å²) in [6.45, 7) is 9.09. The Morgan fingerprint density at radius 2 is 2.16 bits per heavy atom. The van der Waals surface area contributed by atoms with E-state index < -0.39 is 23.2 Å². The van der Waals surface area contributed by atoms with Crippen molar-refractivity contribution in [3.63, 3.8) is 0 Å². The summed E-state index contributed by atoms with van der Waals surface area (Å²) in [5.41, 5.74) is 3.87. The van der Waals surface area contributed by atoms with E-state index in [2.05, 4.69) is 6.58 Å². The normalized spacial score (nSPS) is 27.2. The number of carbonyl (C=O) groups is 2. The highest BCUT2D eigenvalue weighted by molar-refractivity contribution is 5.82. The quantitative estimate of drug-likeness (QED) is 0.752. The number of rotatable bonds is 3.